The number of nitrogens with zero attached hydrogens (tertiary/aromatic N) is 6. The van der Waals surface area contributed by atoms with Gasteiger partial charge in [0.2, 0.25) is 10.0 Å². The number of nitrogens with one attached hydrogen (secondary N) is 1. The van der Waals surface area contributed by atoms with Gasteiger partial charge in [-0.3, -0.25) is 14.0 Å². The minimum atomic E-state index is -3.45. The maximum absolute atomic E-state index is 12.7. The number of benzene rings is 1. The second-order valence-electron chi connectivity index (χ2n) is 10.2. The first-order valence-corrected chi connectivity index (χ1v) is 15.1. The molecule has 0 radical (unpaired) electrons. The lowest BCUT2D eigenvalue weighted by Gasteiger charge is -2.23. The van der Waals surface area contributed by atoms with Crippen LogP contribution in [-0.2, 0) is 21.8 Å². The summed E-state index contributed by atoms with van der Waals surface area (Å²) < 4.78 is 39.9. The third-order valence-corrected chi connectivity index (χ3v) is 8.02. The first-order chi connectivity index (χ1) is 19.7. The van der Waals surface area contributed by atoms with E-state index in [4.69, 9.17) is 9.47 Å². The Bertz CT molecular complexity index is 1760. The maximum Gasteiger partial charge on any atom is 0.232 e. The van der Waals surface area contributed by atoms with Crippen molar-refractivity contribution < 1.29 is 17.9 Å². The molecule has 0 amide bonds. The second kappa shape index (κ2) is 11.9. The highest BCUT2D eigenvalue weighted by atomic mass is 32.2. The van der Waals surface area contributed by atoms with E-state index in [1.807, 2.05) is 62.6 Å². The molecule has 216 valence electrons. The highest BCUT2D eigenvalue weighted by molar-refractivity contribution is 7.92. The summed E-state index contributed by atoms with van der Waals surface area (Å²) in [7, 11) is 3.99. The molecular weight excluding hydrogens is 542 g/mol. The molecule has 1 N–H and O–H groups in total. The SMILES string of the molecule is COCCOc1cnc2[nH]c3cnc(-c4cnn(C)c4)cc3c2c1-c1ccc(N(CCCN(C)C)S(C)(=O)=O)cc1. The number of aromatic nitrogens is 5. The van der Waals surface area contributed by atoms with Gasteiger partial charge in [-0.25, -0.2) is 13.4 Å². The van der Waals surface area contributed by atoms with E-state index >= 15 is 0 Å². The molecule has 0 spiro atoms. The number of sulfonamides is 1. The summed E-state index contributed by atoms with van der Waals surface area (Å²) in [4.78, 5) is 14.7. The molecule has 0 saturated carbocycles. The van der Waals surface area contributed by atoms with E-state index in [-0.39, 0.29) is 0 Å². The van der Waals surface area contributed by atoms with Crippen LogP contribution in [0.3, 0.4) is 0 Å². The Kier molecular flexibility index (Phi) is 8.25. The third-order valence-electron chi connectivity index (χ3n) is 6.83. The minimum absolute atomic E-state index is 0.355. The zero-order valence-electron chi connectivity index (χ0n) is 24.0. The topological polar surface area (TPSA) is 118 Å². The van der Waals surface area contributed by atoms with Gasteiger partial charge in [0, 0.05) is 48.8 Å². The zero-order valence-corrected chi connectivity index (χ0v) is 24.8. The summed E-state index contributed by atoms with van der Waals surface area (Å²) in [6.45, 7) is 1.97. The molecule has 0 bridgehead atoms. The van der Waals surface area contributed by atoms with Crippen LogP contribution in [0.15, 0.2) is 55.1 Å². The summed E-state index contributed by atoms with van der Waals surface area (Å²) in [5.41, 5.74) is 5.58. The van der Waals surface area contributed by atoms with Crippen LogP contribution in [0.5, 0.6) is 5.75 Å². The lowest BCUT2D eigenvalue weighted by atomic mass is 10.00. The standard InChI is InChI=1S/C29H35N7O4S/c1-34(2)11-6-12-36(41(5,37)38)22-9-7-20(8-10-22)27-26(40-14-13-39-4)18-31-29-28(27)23-15-24(30-17-25(23)33-29)21-16-32-35(3)19-21/h7-10,15-19H,6,11-14H2,1-5H3,(H,31,33). The number of aryl methyl sites for hydroxylation is 1. The van der Waals surface area contributed by atoms with Crippen molar-refractivity contribution in [2.45, 2.75) is 6.42 Å². The molecule has 0 atom stereocenters. The molecule has 0 aliphatic rings. The van der Waals surface area contributed by atoms with E-state index < -0.39 is 10.0 Å². The van der Waals surface area contributed by atoms with E-state index in [2.05, 4.69) is 20.1 Å². The highest BCUT2D eigenvalue weighted by Gasteiger charge is 2.21. The fourth-order valence-electron chi connectivity index (χ4n) is 4.89. The fourth-order valence-corrected chi connectivity index (χ4v) is 5.86. The van der Waals surface area contributed by atoms with Gasteiger partial charge in [0.1, 0.15) is 18.0 Å². The predicted molar refractivity (Wildman–Crippen MR) is 162 cm³/mol. The molecule has 4 heterocycles. The second-order valence-corrected chi connectivity index (χ2v) is 12.2. The van der Waals surface area contributed by atoms with Crippen LogP contribution < -0.4 is 9.04 Å². The van der Waals surface area contributed by atoms with Gasteiger partial charge >= 0.3 is 0 Å². The molecule has 0 aliphatic heterocycles. The van der Waals surface area contributed by atoms with Gasteiger partial charge in [-0.15, -0.1) is 0 Å². The Morgan fingerprint density at radius 1 is 1.00 bits per heavy atom. The van der Waals surface area contributed by atoms with E-state index in [0.717, 1.165) is 45.2 Å². The van der Waals surface area contributed by atoms with Gasteiger partial charge in [0.25, 0.3) is 0 Å². The summed E-state index contributed by atoms with van der Waals surface area (Å²) in [5.74, 6) is 0.605. The lowest BCUT2D eigenvalue weighted by molar-refractivity contribution is 0.146. The van der Waals surface area contributed by atoms with Crippen LogP contribution in [0, 0.1) is 0 Å². The van der Waals surface area contributed by atoms with E-state index in [1.54, 1.807) is 30.4 Å². The number of fused-ring (bicyclic) bond motifs is 3. The van der Waals surface area contributed by atoms with Crippen LogP contribution in [0.1, 0.15) is 6.42 Å². The van der Waals surface area contributed by atoms with Crippen LogP contribution in [0.4, 0.5) is 5.69 Å². The Morgan fingerprint density at radius 3 is 2.44 bits per heavy atom. The van der Waals surface area contributed by atoms with Crippen molar-refractivity contribution in [2.75, 3.05) is 58.1 Å². The number of pyridine rings is 2. The largest absolute Gasteiger partial charge is 0.489 e. The van der Waals surface area contributed by atoms with Crippen molar-refractivity contribution in [3.05, 3.63) is 55.1 Å². The maximum atomic E-state index is 12.7. The molecule has 11 nitrogen and oxygen atoms in total. The van der Waals surface area contributed by atoms with Gasteiger partial charge < -0.3 is 19.4 Å². The molecular formula is C29H35N7O4S. The molecule has 12 heteroatoms. The minimum Gasteiger partial charge on any atom is -0.489 e. The van der Waals surface area contributed by atoms with Crippen molar-refractivity contribution >= 4 is 37.6 Å². The number of hydrogen-bond donors (Lipinski definition) is 1. The van der Waals surface area contributed by atoms with E-state index in [9.17, 15) is 8.42 Å². The first-order valence-electron chi connectivity index (χ1n) is 13.3. The summed E-state index contributed by atoms with van der Waals surface area (Å²) in [6, 6.07) is 9.57. The Morgan fingerprint density at radius 2 is 1.78 bits per heavy atom. The molecule has 0 saturated heterocycles. The number of anilines is 1. The van der Waals surface area contributed by atoms with Gasteiger partial charge in [-0.1, -0.05) is 12.1 Å². The Labute approximate surface area is 239 Å². The smallest absolute Gasteiger partial charge is 0.232 e. The van der Waals surface area contributed by atoms with Crippen molar-refractivity contribution in [3.8, 4) is 28.1 Å². The lowest BCUT2D eigenvalue weighted by Crippen LogP contribution is -2.32. The van der Waals surface area contributed by atoms with Crippen LogP contribution in [0.25, 0.3) is 44.3 Å². The van der Waals surface area contributed by atoms with Crippen molar-refractivity contribution in [1.82, 2.24) is 29.6 Å². The number of rotatable bonds is 12. The number of ether oxygens (including phenoxy) is 2. The zero-order chi connectivity index (χ0) is 29.1. The van der Waals surface area contributed by atoms with Gasteiger partial charge in [-0.2, -0.15) is 5.10 Å². The number of methoxy groups -OCH3 is 1. The Balaban J connectivity index is 1.63. The monoisotopic (exact) mass is 577 g/mol. The van der Waals surface area contributed by atoms with Gasteiger partial charge in [0.15, 0.2) is 0 Å². The molecule has 0 unspecified atom stereocenters. The summed E-state index contributed by atoms with van der Waals surface area (Å²) >= 11 is 0. The van der Waals surface area contributed by atoms with Crippen LogP contribution in [-0.4, -0.2) is 91.8 Å². The summed E-state index contributed by atoms with van der Waals surface area (Å²) in [6.07, 6.45) is 9.17. The van der Waals surface area contributed by atoms with Crippen molar-refractivity contribution in [3.63, 3.8) is 0 Å². The number of aromatic amines is 1. The van der Waals surface area contributed by atoms with Crippen LogP contribution in [0.2, 0.25) is 0 Å². The first kappa shape index (κ1) is 28.5. The number of hydrogen-bond acceptors (Lipinski definition) is 8. The van der Waals surface area contributed by atoms with Gasteiger partial charge in [0.05, 0.1) is 48.4 Å². The average Bonchev–Trinajstić information content (AvgIpc) is 3.53. The molecule has 0 fully saturated rings. The quantitative estimate of drug-likeness (QED) is 0.222. The van der Waals surface area contributed by atoms with E-state index in [0.29, 0.717) is 43.3 Å². The molecule has 0 aliphatic carbocycles. The van der Waals surface area contributed by atoms with Crippen molar-refractivity contribution in [2.24, 2.45) is 7.05 Å². The van der Waals surface area contributed by atoms with Crippen molar-refractivity contribution in [1.29, 1.82) is 0 Å². The molecule has 5 rings (SSSR count). The summed E-state index contributed by atoms with van der Waals surface area (Å²) in [5, 5.41) is 6.12. The molecule has 4 aromatic heterocycles. The molecule has 1 aromatic carbocycles. The van der Waals surface area contributed by atoms with E-state index in [1.165, 1.54) is 10.6 Å². The normalized spacial score (nSPS) is 12.0. The molecule has 5 aromatic rings. The molecule has 41 heavy (non-hydrogen) atoms. The van der Waals surface area contributed by atoms with Gasteiger partial charge in [-0.05, 0) is 50.8 Å². The third kappa shape index (κ3) is 6.19. The highest BCUT2D eigenvalue weighted by Crippen LogP contribution is 2.41. The fraction of sp³-hybridized carbons (Fsp3) is 0.345. The number of H-pyrrole nitrogens is 1. The predicted octanol–water partition coefficient (Wildman–Crippen LogP) is 3.92. The van der Waals surface area contributed by atoms with Crippen LogP contribution >= 0.6 is 0 Å². The average molecular weight is 578 g/mol. The Hall–Kier alpha value is -4.00.